The first-order valence-electron chi connectivity index (χ1n) is 12.0. The Kier molecular flexibility index (Phi) is 7.49. The van der Waals surface area contributed by atoms with Gasteiger partial charge < -0.3 is 9.74 Å². The Morgan fingerprint density at radius 3 is 2.11 bits per heavy atom. The topological polar surface area (TPSA) is 49.9 Å². The maximum Gasteiger partial charge on any atom is 0.281 e. The summed E-state index contributed by atoms with van der Waals surface area (Å²) >= 11 is 0. The zero-order chi connectivity index (χ0) is 24.9. The quantitative estimate of drug-likeness (QED) is 0.244. The SMILES string of the molecule is CC(C)(C)[Si](OCC(F)(F)CNCCc1cccc2[nH]ncc12)(c1ccccc1)c1ccccc1. The monoisotopic (exact) mass is 493 g/mol. The third-order valence-electron chi connectivity index (χ3n) is 6.45. The Morgan fingerprint density at radius 2 is 1.51 bits per heavy atom. The van der Waals surface area contributed by atoms with Crippen LogP contribution in [0.1, 0.15) is 26.3 Å². The van der Waals surface area contributed by atoms with Crippen molar-refractivity contribution < 1.29 is 13.2 Å². The second kappa shape index (κ2) is 10.4. The van der Waals surface area contributed by atoms with Crippen LogP contribution in [0.4, 0.5) is 8.78 Å². The van der Waals surface area contributed by atoms with E-state index in [1.165, 1.54) is 0 Å². The molecule has 4 nitrogen and oxygen atoms in total. The third kappa shape index (κ3) is 5.53. The smallest absolute Gasteiger partial charge is 0.281 e. The molecule has 0 aliphatic carbocycles. The highest BCUT2D eigenvalue weighted by molar-refractivity contribution is 6.99. The first-order valence-corrected chi connectivity index (χ1v) is 13.9. The van der Waals surface area contributed by atoms with Crippen molar-refractivity contribution in [3.8, 4) is 0 Å². The van der Waals surface area contributed by atoms with Gasteiger partial charge in [-0.3, -0.25) is 5.10 Å². The first-order chi connectivity index (χ1) is 16.7. The van der Waals surface area contributed by atoms with Crippen LogP contribution in [0.5, 0.6) is 0 Å². The third-order valence-corrected chi connectivity index (χ3v) is 11.4. The molecule has 0 saturated heterocycles. The van der Waals surface area contributed by atoms with Crippen molar-refractivity contribution >= 4 is 29.6 Å². The molecule has 1 aromatic heterocycles. The molecule has 4 rings (SSSR count). The number of nitrogens with zero attached hydrogens (tertiary/aromatic N) is 1. The van der Waals surface area contributed by atoms with Crippen LogP contribution in [0.2, 0.25) is 5.04 Å². The predicted octanol–water partition coefficient (Wildman–Crippen LogP) is 4.91. The number of rotatable bonds is 10. The van der Waals surface area contributed by atoms with E-state index in [1.54, 1.807) is 6.20 Å². The minimum Gasteiger partial charge on any atom is -0.401 e. The molecule has 0 aliphatic heterocycles. The molecule has 0 saturated carbocycles. The molecule has 0 radical (unpaired) electrons. The summed E-state index contributed by atoms with van der Waals surface area (Å²) in [5.74, 6) is -3.01. The van der Waals surface area contributed by atoms with Crippen molar-refractivity contribution in [2.45, 2.75) is 38.2 Å². The molecule has 7 heteroatoms. The van der Waals surface area contributed by atoms with Gasteiger partial charge in [0.2, 0.25) is 0 Å². The zero-order valence-corrected chi connectivity index (χ0v) is 21.5. The van der Waals surface area contributed by atoms with E-state index in [0.29, 0.717) is 13.0 Å². The molecule has 35 heavy (non-hydrogen) atoms. The fraction of sp³-hybridized carbons (Fsp3) is 0.321. The van der Waals surface area contributed by atoms with Gasteiger partial charge in [0.1, 0.15) is 0 Å². The van der Waals surface area contributed by atoms with Gasteiger partial charge in [0, 0.05) is 5.39 Å². The first kappa shape index (κ1) is 25.2. The van der Waals surface area contributed by atoms with Crippen LogP contribution in [-0.2, 0) is 10.8 Å². The summed E-state index contributed by atoms with van der Waals surface area (Å²) in [4.78, 5) is 0. The molecule has 3 aromatic carbocycles. The van der Waals surface area contributed by atoms with Gasteiger partial charge in [-0.15, -0.1) is 0 Å². The van der Waals surface area contributed by atoms with Crippen LogP contribution in [0.25, 0.3) is 10.9 Å². The summed E-state index contributed by atoms with van der Waals surface area (Å²) in [7, 11) is -3.00. The van der Waals surface area contributed by atoms with E-state index in [4.69, 9.17) is 4.43 Å². The number of hydrogen-bond donors (Lipinski definition) is 2. The van der Waals surface area contributed by atoms with Crippen LogP contribution < -0.4 is 15.7 Å². The van der Waals surface area contributed by atoms with Crippen LogP contribution in [-0.4, -0.2) is 44.1 Å². The number of benzene rings is 3. The summed E-state index contributed by atoms with van der Waals surface area (Å²) in [6, 6.07) is 25.7. The van der Waals surface area contributed by atoms with E-state index in [0.717, 1.165) is 26.8 Å². The highest BCUT2D eigenvalue weighted by atomic mass is 28.4. The van der Waals surface area contributed by atoms with Crippen LogP contribution in [0, 0.1) is 0 Å². The van der Waals surface area contributed by atoms with Gasteiger partial charge in [-0.1, -0.05) is 93.6 Å². The van der Waals surface area contributed by atoms with Crippen LogP contribution in [0.3, 0.4) is 0 Å². The lowest BCUT2D eigenvalue weighted by Gasteiger charge is -2.43. The molecular weight excluding hydrogens is 460 g/mol. The van der Waals surface area contributed by atoms with Gasteiger partial charge in [0.05, 0.1) is 24.9 Å². The number of fused-ring (bicyclic) bond motifs is 1. The zero-order valence-electron chi connectivity index (χ0n) is 20.5. The number of hydrogen-bond acceptors (Lipinski definition) is 3. The summed E-state index contributed by atoms with van der Waals surface area (Å²) in [6.45, 7) is 5.64. The van der Waals surface area contributed by atoms with E-state index in [9.17, 15) is 0 Å². The van der Waals surface area contributed by atoms with Crippen molar-refractivity contribution in [2.24, 2.45) is 0 Å². The van der Waals surface area contributed by atoms with Crippen molar-refractivity contribution in [1.82, 2.24) is 15.5 Å². The summed E-state index contributed by atoms with van der Waals surface area (Å²) < 4.78 is 36.7. The molecule has 0 atom stereocenters. The normalized spacial score (nSPS) is 12.8. The molecule has 2 N–H and O–H groups in total. The predicted molar refractivity (Wildman–Crippen MR) is 141 cm³/mol. The largest absolute Gasteiger partial charge is 0.401 e. The Hall–Kier alpha value is -2.87. The van der Waals surface area contributed by atoms with E-state index < -0.39 is 27.4 Å². The summed E-state index contributed by atoms with van der Waals surface area (Å²) in [5.41, 5.74) is 2.03. The van der Waals surface area contributed by atoms with Gasteiger partial charge >= 0.3 is 0 Å². The number of aromatic nitrogens is 2. The molecule has 0 amide bonds. The lowest BCUT2D eigenvalue weighted by atomic mass is 10.1. The average Bonchev–Trinajstić information content (AvgIpc) is 3.32. The van der Waals surface area contributed by atoms with Crippen molar-refractivity contribution in [3.05, 3.63) is 90.6 Å². The minimum absolute atomic E-state index is 0.345. The standard InChI is InChI=1S/C28H33F2N3OSi/c1-27(2,3)35(23-12-6-4-7-13-23,24-14-8-5-9-15-24)34-21-28(29,30)20-31-18-17-22-11-10-16-26-25(22)19-32-33-26/h4-16,19,31H,17-18,20-21H2,1-3H3,(H,32,33). The molecule has 184 valence electrons. The maximum absolute atomic E-state index is 15.1. The van der Waals surface area contributed by atoms with Crippen molar-refractivity contribution in [3.63, 3.8) is 0 Å². The molecule has 1 heterocycles. The second-order valence-corrected chi connectivity index (χ2v) is 14.3. The number of nitrogens with one attached hydrogen (secondary N) is 2. The Bertz CT molecular complexity index is 1180. The lowest BCUT2D eigenvalue weighted by molar-refractivity contribution is -0.0416. The van der Waals surface area contributed by atoms with Crippen molar-refractivity contribution in [2.75, 3.05) is 19.7 Å². The van der Waals surface area contributed by atoms with E-state index >= 15 is 8.78 Å². The number of alkyl halides is 2. The Balaban J connectivity index is 1.47. The highest BCUT2D eigenvalue weighted by Gasteiger charge is 2.51. The second-order valence-electron chi connectivity index (χ2n) is 9.98. The Morgan fingerprint density at radius 1 is 0.886 bits per heavy atom. The number of H-pyrrole nitrogens is 1. The molecule has 4 aromatic rings. The van der Waals surface area contributed by atoms with Gasteiger partial charge in [-0.25, -0.2) is 8.78 Å². The van der Waals surface area contributed by atoms with Crippen LogP contribution in [0.15, 0.2) is 85.1 Å². The highest BCUT2D eigenvalue weighted by Crippen LogP contribution is 2.37. The molecule has 0 spiro atoms. The lowest BCUT2D eigenvalue weighted by Crippen LogP contribution is -2.67. The summed E-state index contributed by atoms with van der Waals surface area (Å²) in [5, 5.41) is 12.6. The van der Waals surface area contributed by atoms with Gasteiger partial charge in [-0.05, 0) is 40.0 Å². The van der Waals surface area contributed by atoms with Crippen LogP contribution >= 0.6 is 0 Å². The van der Waals surface area contributed by atoms with Gasteiger partial charge in [-0.2, -0.15) is 5.10 Å². The van der Waals surface area contributed by atoms with Gasteiger partial charge in [0.15, 0.2) is 0 Å². The average molecular weight is 494 g/mol. The van der Waals surface area contributed by atoms with Gasteiger partial charge in [0.25, 0.3) is 14.2 Å². The Labute approximate surface area is 206 Å². The van der Waals surface area contributed by atoms with E-state index in [1.807, 2.05) is 78.9 Å². The molecule has 0 fully saturated rings. The fourth-order valence-corrected chi connectivity index (χ4v) is 9.35. The van der Waals surface area contributed by atoms with Crippen molar-refractivity contribution in [1.29, 1.82) is 0 Å². The molecular formula is C28H33F2N3OSi. The fourth-order valence-electron chi connectivity index (χ4n) is 4.77. The summed E-state index contributed by atoms with van der Waals surface area (Å²) in [6.07, 6.45) is 2.42. The minimum atomic E-state index is -3.01. The molecule has 0 unspecified atom stereocenters. The maximum atomic E-state index is 15.1. The molecule has 0 aliphatic rings. The number of halogens is 2. The molecule has 0 bridgehead atoms. The van der Waals surface area contributed by atoms with E-state index in [2.05, 4.69) is 36.3 Å². The van der Waals surface area contributed by atoms with E-state index in [-0.39, 0.29) is 5.04 Å². The number of aromatic amines is 1.